The quantitative estimate of drug-likeness (QED) is 0.593. The fourth-order valence-corrected chi connectivity index (χ4v) is 1.36. The minimum absolute atomic E-state index is 0.222. The van der Waals surface area contributed by atoms with E-state index in [-0.39, 0.29) is 5.91 Å². The highest BCUT2D eigenvalue weighted by Gasteiger charge is 2.11. The van der Waals surface area contributed by atoms with Crippen LogP contribution in [0.25, 0.3) is 0 Å². The van der Waals surface area contributed by atoms with Crippen LogP contribution in [0.3, 0.4) is 0 Å². The molecule has 0 aliphatic rings. The minimum atomic E-state index is -0.222. The van der Waals surface area contributed by atoms with E-state index in [9.17, 15) is 4.79 Å². The van der Waals surface area contributed by atoms with Crippen molar-refractivity contribution in [2.45, 2.75) is 12.8 Å². The summed E-state index contributed by atoms with van der Waals surface area (Å²) >= 11 is 0. The number of methoxy groups -OCH3 is 1. The summed E-state index contributed by atoms with van der Waals surface area (Å²) < 4.78 is 5.08. The molecule has 0 aliphatic carbocycles. The Morgan fingerprint density at radius 2 is 2.35 bits per heavy atom. The van der Waals surface area contributed by atoms with E-state index in [0.29, 0.717) is 36.4 Å². The zero-order valence-electron chi connectivity index (χ0n) is 9.69. The number of carbonyl (C=O) groups excluding carboxylic acids is 1. The second-order valence-electron chi connectivity index (χ2n) is 3.48. The Bertz CT molecular complexity index is 438. The van der Waals surface area contributed by atoms with Crippen LogP contribution in [-0.4, -0.2) is 19.6 Å². The summed E-state index contributed by atoms with van der Waals surface area (Å²) in [6.07, 6.45) is 1.07. The SMILES string of the molecule is COc1cc(N)ccc1C(=O)NCCCC#N. The summed E-state index contributed by atoms with van der Waals surface area (Å²) in [7, 11) is 1.49. The van der Waals surface area contributed by atoms with Gasteiger partial charge in [-0.05, 0) is 18.6 Å². The third-order valence-corrected chi connectivity index (χ3v) is 2.22. The Balaban J connectivity index is 2.65. The number of amides is 1. The second-order valence-corrected chi connectivity index (χ2v) is 3.48. The van der Waals surface area contributed by atoms with E-state index in [1.165, 1.54) is 7.11 Å². The molecule has 0 saturated heterocycles. The number of hydrogen-bond donors (Lipinski definition) is 2. The van der Waals surface area contributed by atoms with E-state index in [1.54, 1.807) is 18.2 Å². The first-order valence-electron chi connectivity index (χ1n) is 5.27. The van der Waals surface area contributed by atoms with E-state index in [0.717, 1.165) is 0 Å². The first-order chi connectivity index (χ1) is 8.19. The first-order valence-corrected chi connectivity index (χ1v) is 5.27. The highest BCUT2D eigenvalue weighted by Crippen LogP contribution is 2.21. The molecule has 0 aromatic heterocycles. The van der Waals surface area contributed by atoms with Crippen molar-refractivity contribution in [3.63, 3.8) is 0 Å². The van der Waals surface area contributed by atoms with Crippen molar-refractivity contribution in [3.8, 4) is 11.8 Å². The molecule has 5 nitrogen and oxygen atoms in total. The zero-order chi connectivity index (χ0) is 12.7. The summed E-state index contributed by atoms with van der Waals surface area (Å²) in [6.45, 7) is 0.472. The van der Waals surface area contributed by atoms with Gasteiger partial charge in [-0.3, -0.25) is 4.79 Å². The molecule has 1 amide bonds. The molecule has 0 heterocycles. The number of carbonyl (C=O) groups is 1. The third-order valence-electron chi connectivity index (χ3n) is 2.22. The van der Waals surface area contributed by atoms with Gasteiger partial charge in [-0.15, -0.1) is 0 Å². The molecule has 0 unspecified atom stereocenters. The van der Waals surface area contributed by atoms with Crippen LogP contribution in [0.5, 0.6) is 5.75 Å². The van der Waals surface area contributed by atoms with Crippen LogP contribution >= 0.6 is 0 Å². The van der Waals surface area contributed by atoms with Crippen LogP contribution in [0, 0.1) is 11.3 Å². The second kappa shape index (κ2) is 6.38. The molecule has 0 spiro atoms. The standard InChI is InChI=1S/C12H15N3O2/c1-17-11-8-9(14)4-5-10(11)12(16)15-7-3-2-6-13/h4-5,8H,2-3,7,14H2,1H3,(H,15,16). The van der Waals surface area contributed by atoms with E-state index < -0.39 is 0 Å². The van der Waals surface area contributed by atoms with Crippen molar-refractivity contribution in [1.82, 2.24) is 5.32 Å². The van der Waals surface area contributed by atoms with Crippen LogP contribution in [0.15, 0.2) is 18.2 Å². The van der Waals surface area contributed by atoms with E-state index in [1.807, 2.05) is 6.07 Å². The van der Waals surface area contributed by atoms with Crippen molar-refractivity contribution in [2.24, 2.45) is 0 Å². The van der Waals surface area contributed by atoms with Gasteiger partial charge in [0.1, 0.15) is 5.75 Å². The molecular weight excluding hydrogens is 218 g/mol. The number of nitrogen functional groups attached to an aromatic ring is 1. The Morgan fingerprint density at radius 3 is 3.00 bits per heavy atom. The van der Waals surface area contributed by atoms with Crippen LogP contribution in [0.2, 0.25) is 0 Å². The Hall–Kier alpha value is -2.22. The lowest BCUT2D eigenvalue weighted by Gasteiger charge is -2.09. The van der Waals surface area contributed by atoms with Crippen molar-refractivity contribution < 1.29 is 9.53 Å². The van der Waals surface area contributed by atoms with Crippen LogP contribution in [-0.2, 0) is 0 Å². The summed E-state index contributed by atoms with van der Waals surface area (Å²) in [5.41, 5.74) is 6.58. The van der Waals surface area contributed by atoms with E-state index in [2.05, 4.69) is 5.32 Å². The summed E-state index contributed by atoms with van der Waals surface area (Å²) in [5, 5.41) is 11.1. The van der Waals surface area contributed by atoms with Gasteiger partial charge < -0.3 is 15.8 Å². The molecule has 5 heteroatoms. The molecule has 90 valence electrons. The summed E-state index contributed by atoms with van der Waals surface area (Å²) in [5.74, 6) is 0.225. The van der Waals surface area contributed by atoms with Gasteiger partial charge in [0.05, 0.1) is 18.7 Å². The number of ether oxygens (including phenoxy) is 1. The Morgan fingerprint density at radius 1 is 1.59 bits per heavy atom. The molecule has 0 bridgehead atoms. The van der Waals surface area contributed by atoms with Crippen molar-refractivity contribution >= 4 is 11.6 Å². The van der Waals surface area contributed by atoms with Gasteiger partial charge in [-0.2, -0.15) is 5.26 Å². The predicted molar refractivity (Wildman–Crippen MR) is 64.6 cm³/mol. The van der Waals surface area contributed by atoms with Crippen LogP contribution in [0.1, 0.15) is 23.2 Å². The number of rotatable bonds is 5. The number of nitrogens with zero attached hydrogens (tertiary/aromatic N) is 1. The molecule has 0 fully saturated rings. The van der Waals surface area contributed by atoms with Gasteiger partial charge in [0.2, 0.25) is 0 Å². The van der Waals surface area contributed by atoms with Crippen LogP contribution < -0.4 is 15.8 Å². The number of nitrogens with one attached hydrogen (secondary N) is 1. The molecule has 0 atom stereocenters. The predicted octanol–water partition coefficient (Wildman–Crippen LogP) is 1.31. The van der Waals surface area contributed by atoms with Gasteiger partial charge in [-0.1, -0.05) is 0 Å². The smallest absolute Gasteiger partial charge is 0.255 e. The number of benzene rings is 1. The molecule has 1 rings (SSSR count). The van der Waals surface area contributed by atoms with Crippen LogP contribution in [0.4, 0.5) is 5.69 Å². The topological polar surface area (TPSA) is 88.1 Å². The minimum Gasteiger partial charge on any atom is -0.496 e. The lowest BCUT2D eigenvalue weighted by molar-refractivity contribution is 0.0950. The van der Waals surface area contributed by atoms with Crippen molar-refractivity contribution in [3.05, 3.63) is 23.8 Å². The highest BCUT2D eigenvalue weighted by molar-refractivity contribution is 5.97. The van der Waals surface area contributed by atoms with E-state index in [4.69, 9.17) is 15.7 Å². The fraction of sp³-hybridized carbons (Fsp3) is 0.333. The zero-order valence-corrected chi connectivity index (χ0v) is 9.69. The lowest BCUT2D eigenvalue weighted by Crippen LogP contribution is -2.24. The van der Waals surface area contributed by atoms with Crippen molar-refractivity contribution in [2.75, 3.05) is 19.4 Å². The number of nitriles is 1. The maximum atomic E-state index is 11.8. The molecule has 3 N–H and O–H groups in total. The molecule has 0 saturated carbocycles. The first kappa shape index (κ1) is 12.8. The Labute approximate surface area is 100 Å². The van der Waals surface area contributed by atoms with Gasteiger partial charge in [0.15, 0.2) is 0 Å². The number of nitrogens with two attached hydrogens (primary N) is 1. The average molecular weight is 233 g/mol. The summed E-state index contributed by atoms with van der Waals surface area (Å²) in [6, 6.07) is 6.88. The van der Waals surface area contributed by atoms with Gasteiger partial charge in [0.25, 0.3) is 5.91 Å². The average Bonchev–Trinajstić information content (AvgIpc) is 2.34. The third kappa shape index (κ3) is 3.68. The van der Waals surface area contributed by atoms with Gasteiger partial charge in [0, 0.05) is 24.7 Å². The number of unbranched alkanes of at least 4 members (excludes halogenated alkanes) is 1. The van der Waals surface area contributed by atoms with Gasteiger partial charge >= 0.3 is 0 Å². The number of anilines is 1. The lowest BCUT2D eigenvalue weighted by atomic mass is 10.1. The molecule has 1 aromatic carbocycles. The number of hydrogen-bond acceptors (Lipinski definition) is 4. The summed E-state index contributed by atoms with van der Waals surface area (Å²) in [4.78, 5) is 11.8. The molecule has 1 aromatic rings. The Kier molecular flexibility index (Phi) is 4.82. The van der Waals surface area contributed by atoms with Gasteiger partial charge in [-0.25, -0.2) is 0 Å². The molecule has 0 aliphatic heterocycles. The van der Waals surface area contributed by atoms with Crippen molar-refractivity contribution in [1.29, 1.82) is 5.26 Å². The largest absolute Gasteiger partial charge is 0.496 e. The molecule has 17 heavy (non-hydrogen) atoms. The van der Waals surface area contributed by atoms with E-state index >= 15 is 0 Å². The fourth-order valence-electron chi connectivity index (χ4n) is 1.36. The normalized spacial score (nSPS) is 9.41. The molecule has 0 radical (unpaired) electrons. The maximum Gasteiger partial charge on any atom is 0.255 e. The maximum absolute atomic E-state index is 11.8. The highest BCUT2D eigenvalue weighted by atomic mass is 16.5. The molecular formula is C12H15N3O2. The monoisotopic (exact) mass is 233 g/mol.